The molecule has 110 valence electrons. The van der Waals surface area contributed by atoms with E-state index < -0.39 is 0 Å². The molecule has 0 amide bonds. The van der Waals surface area contributed by atoms with Crippen molar-refractivity contribution in [2.24, 2.45) is 11.7 Å². The number of halogens is 1. The summed E-state index contributed by atoms with van der Waals surface area (Å²) < 4.78 is 5.79. The van der Waals surface area contributed by atoms with Crippen LogP contribution in [0, 0.1) is 5.92 Å². The van der Waals surface area contributed by atoms with Gasteiger partial charge in [0.1, 0.15) is 11.4 Å². The lowest BCUT2D eigenvalue weighted by Gasteiger charge is -2.21. The van der Waals surface area contributed by atoms with E-state index in [0.29, 0.717) is 5.92 Å². The Morgan fingerprint density at radius 1 is 1.05 bits per heavy atom. The second-order valence-electron chi connectivity index (χ2n) is 6.36. The van der Waals surface area contributed by atoms with Crippen LogP contribution in [0.1, 0.15) is 59.1 Å². The molecule has 0 saturated carbocycles. The zero-order valence-corrected chi connectivity index (χ0v) is 13.6. The van der Waals surface area contributed by atoms with E-state index in [1.165, 1.54) is 12.0 Å². The summed E-state index contributed by atoms with van der Waals surface area (Å²) in [5, 5.41) is 0. The maximum absolute atomic E-state index is 6.18. The molecule has 2 nitrogen and oxygen atoms in total. The Hall–Kier alpha value is -0.730. The van der Waals surface area contributed by atoms with E-state index in [4.69, 9.17) is 10.5 Å². The van der Waals surface area contributed by atoms with Crippen LogP contribution in [0.15, 0.2) is 24.3 Å². The van der Waals surface area contributed by atoms with Crippen molar-refractivity contribution in [2.75, 3.05) is 0 Å². The van der Waals surface area contributed by atoms with Gasteiger partial charge in [-0.15, -0.1) is 12.4 Å². The highest BCUT2D eigenvalue weighted by Gasteiger charge is 2.12. The van der Waals surface area contributed by atoms with Crippen LogP contribution in [0.3, 0.4) is 0 Å². The first-order chi connectivity index (χ1) is 8.28. The molecule has 19 heavy (non-hydrogen) atoms. The van der Waals surface area contributed by atoms with Crippen LogP contribution in [0.25, 0.3) is 0 Å². The number of nitrogens with two attached hydrogens (primary N) is 1. The Labute approximate surface area is 124 Å². The summed E-state index contributed by atoms with van der Waals surface area (Å²) in [7, 11) is 0. The van der Waals surface area contributed by atoms with Crippen molar-refractivity contribution in [2.45, 2.75) is 59.1 Å². The molecular weight excluding hydrogens is 258 g/mol. The van der Waals surface area contributed by atoms with Gasteiger partial charge >= 0.3 is 0 Å². The molecule has 1 aromatic carbocycles. The molecule has 0 saturated heterocycles. The minimum Gasteiger partial charge on any atom is -0.488 e. The summed E-state index contributed by atoms with van der Waals surface area (Å²) in [6, 6.07) is 8.31. The average molecular weight is 286 g/mol. The van der Waals surface area contributed by atoms with Crippen LogP contribution < -0.4 is 10.5 Å². The molecule has 0 fully saturated rings. The predicted molar refractivity (Wildman–Crippen MR) is 85.1 cm³/mol. The lowest BCUT2D eigenvalue weighted by Crippen LogP contribution is -2.22. The summed E-state index contributed by atoms with van der Waals surface area (Å²) in [6.07, 6.45) is 2.21. The molecule has 0 aliphatic rings. The van der Waals surface area contributed by atoms with E-state index in [9.17, 15) is 0 Å². The molecule has 0 spiro atoms. The Morgan fingerprint density at radius 2 is 1.58 bits per heavy atom. The van der Waals surface area contributed by atoms with Gasteiger partial charge in [0.15, 0.2) is 0 Å². The van der Waals surface area contributed by atoms with E-state index in [1.54, 1.807) is 0 Å². The monoisotopic (exact) mass is 285 g/mol. The quantitative estimate of drug-likeness (QED) is 0.849. The van der Waals surface area contributed by atoms with Crippen molar-refractivity contribution < 1.29 is 4.74 Å². The zero-order chi connectivity index (χ0) is 13.8. The van der Waals surface area contributed by atoms with E-state index >= 15 is 0 Å². The molecule has 1 rings (SSSR count). The maximum Gasteiger partial charge on any atom is 0.120 e. The fourth-order valence-electron chi connectivity index (χ4n) is 1.82. The molecule has 0 aliphatic carbocycles. The SMILES string of the molecule is CC(C)CC[C@H](N)c1ccc(OC(C)(C)C)cc1.Cl. The summed E-state index contributed by atoms with van der Waals surface area (Å²) in [4.78, 5) is 0. The van der Waals surface area contributed by atoms with Gasteiger partial charge in [0.2, 0.25) is 0 Å². The molecule has 0 aromatic heterocycles. The molecule has 1 atom stereocenters. The third-order valence-electron chi connectivity index (χ3n) is 2.79. The van der Waals surface area contributed by atoms with Crippen LogP contribution in [0.5, 0.6) is 5.75 Å². The summed E-state index contributed by atoms with van der Waals surface area (Å²) in [5.41, 5.74) is 7.22. The molecular formula is C16H28ClNO. The van der Waals surface area contributed by atoms with Crippen molar-refractivity contribution in [3.8, 4) is 5.75 Å². The largest absolute Gasteiger partial charge is 0.488 e. The van der Waals surface area contributed by atoms with E-state index in [0.717, 1.165) is 12.2 Å². The van der Waals surface area contributed by atoms with Gasteiger partial charge in [0.25, 0.3) is 0 Å². The molecule has 0 radical (unpaired) electrons. The Balaban J connectivity index is 0.00000324. The van der Waals surface area contributed by atoms with Gasteiger partial charge in [-0.25, -0.2) is 0 Å². The van der Waals surface area contributed by atoms with Crippen LogP contribution in [0.2, 0.25) is 0 Å². The van der Waals surface area contributed by atoms with Gasteiger partial charge in [-0.05, 0) is 57.2 Å². The third-order valence-corrected chi connectivity index (χ3v) is 2.79. The number of rotatable bonds is 5. The Morgan fingerprint density at radius 3 is 2.00 bits per heavy atom. The smallest absolute Gasteiger partial charge is 0.120 e. The summed E-state index contributed by atoms with van der Waals surface area (Å²) in [6.45, 7) is 10.6. The number of ether oxygens (including phenoxy) is 1. The van der Waals surface area contributed by atoms with Gasteiger partial charge in [0.05, 0.1) is 0 Å². The number of benzene rings is 1. The van der Waals surface area contributed by atoms with Crippen molar-refractivity contribution in [3.63, 3.8) is 0 Å². The Kier molecular flexibility index (Phi) is 7.46. The van der Waals surface area contributed by atoms with Crippen molar-refractivity contribution in [1.82, 2.24) is 0 Å². The first-order valence-corrected chi connectivity index (χ1v) is 6.82. The second-order valence-corrected chi connectivity index (χ2v) is 6.36. The van der Waals surface area contributed by atoms with E-state index in [1.807, 2.05) is 12.1 Å². The molecule has 0 aliphatic heterocycles. The highest BCUT2D eigenvalue weighted by molar-refractivity contribution is 5.85. The van der Waals surface area contributed by atoms with Crippen LogP contribution in [0.4, 0.5) is 0 Å². The highest BCUT2D eigenvalue weighted by atomic mass is 35.5. The molecule has 0 bridgehead atoms. The lowest BCUT2D eigenvalue weighted by molar-refractivity contribution is 0.131. The molecule has 0 unspecified atom stereocenters. The first-order valence-electron chi connectivity index (χ1n) is 6.82. The molecule has 0 heterocycles. The normalized spacial score (nSPS) is 13.0. The average Bonchev–Trinajstić information content (AvgIpc) is 2.24. The number of hydrogen-bond donors (Lipinski definition) is 1. The van der Waals surface area contributed by atoms with Crippen LogP contribution >= 0.6 is 12.4 Å². The summed E-state index contributed by atoms with van der Waals surface area (Å²) in [5.74, 6) is 1.61. The fourth-order valence-corrected chi connectivity index (χ4v) is 1.82. The minimum absolute atomic E-state index is 0. The standard InChI is InChI=1S/C16H27NO.ClH/c1-12(2)6-11-15(17)13-7-9-14(10-8-13)18-16(3,4)5;/h7-10,12,15H,6,11,17H2,1-5H3;1H/t15-;/m0./s1. The lowest BCUT2D eigenvalue weighted by atomic mass is 9.98. The van der Waals surface area contributed by atoms with Gasteiger partial charge in [-0.2, -0.15) is 0 Å². The minimum atomic E-state index is -0.152. The van der Waals surface area contributed by atoms with Gasteiger partial charge in [0, 0.05) is 6.04 Å². The fraction of sp³-hybridized carbons (Fsp3) is 0.625. The zero-order valence-electron chi connectivity index (χ0n) is 12.8. The van der Waals surface area contributed by atoms with Crippen molar-refractivity contribution >= 4 is 12.4 Å². The van der Waals surface area contributed by atoms with Crippen molar-refractivity contribution in [1.29, 1.82) is 0 Å². The van der Waals surface area contributed by atoms with Gasteiger partial charge in [-0.1, -0.05) is 26.0 Å². The van der Waals surface area contributed by atoms with Crippen LogP contribution in [-0.2, 0) is 0 Å². The highest BCUT2D eigenvalue weighted by Crippen LogP contribution is 2.23. The molecule has 2 N–H and O–H groups in total. The maximum atomic E-state index is 6.18. The van der Waals surface area contributed by atoms with E-state index in [-0.39, 0.29) is 24.0 Å². The second kappa shape index (κ2) is 7.76. The summed E-state index contributed by atoms with van der Waals surface area (Å²) >= 11 is 0. The third kappa shape index (κ3) is 7.44. The van der Waals surface area contributed by atoms with Crippen molar-refractivity contribution in [3.05, 3.63) is 29.8 Å². The first kappa shape index (κ1) is 18.3. The van der Waals surface area contributed by atoms with E-state index in [2.05, 4.69) is 46.8 Å². The molecule has 1 aromatic rings. The number of hydrogen-bond acceptors (Lipinski definition) is 2. The van der Waals surface area contributed by atoms with Crippen LogP contribution in [-0.4, -0.2) is 5.60 Å². The van der Waals surface area contributed by atoms with Gasteiger partial charge in [-0.3, -0.25) is 0 Å². The predicted octanol–water partition coefficient (Wildman–Crippen LogP) is 4.72. The topological polar surface area (TPSA) is 35.2 Å². The Bertz CT molecular complexity index is 354. The van der Waals surface area contributed by atoms with Gasteiger partial charge < -0.3 is 10.5 Å². The molecule has 3 heteroatoms.